The van der Waals surface area contributed by atoms with Crippen LogP contribution in [0.2, 0.25) is 0 Å². The smallest absolute Gasteiger partial charge is 0.320 e. The van der Waals surface area contributed by atoms with Crippen molar-refractivity contribution in [1.82, 2.24) is 15.0 Å². The molecule has 0 aromatic carbocycles. The molecule has 0 N–H and O–H groups in total. The molecule has 0 amide bonds. The molecule has 0 aliphatic carbocycles. The summed E-state index contributed by atoms with van der Waals surface area (Å²) in [6.07, 6.45) is 3.66. The Labute approximate surface area is 157 Å². The number of aromatic nitrogens is 2. The second-order valence-electron chi connectivity index (χ2n) is 9.87. The Bertz CT molecular complexity index is 710. The van der Waals surface area contributed by atoms with Crippen LogP contribution in [-0.2, 0) is 5.21 Å². The fourth-order valence-corrected chi connectivity index (χ4v) is 3.05. The van der Waals surface area contributed by atoms with Crippen molar-refractivity contribution >= 4 is 5.57 Å². The van der Waals surface area contributed by atoms with Gasteiger partial charge in [0.25, 0.3) is 0 Å². The monoisotopic (exact) mass is 362 g/mol. The summed E-state index contributed by atoms with van der Waals surface area (Å²) in [7, 11) is 0. The molecule has 0 saturated heterocycles. The van der Waals surface area contributed by atoms with E-state index in [2.05, 4.69) is 9.97 Å². The van der Waals surface area contributed by atoms with Gasteiger partial charge in [0.2, 0.25) is 5.88 Å². The van der Waals surface area contributed by atoms with Crippen LogP contribution >= 0.6 is 0 Å². The van der Waals surface area contributed by atoms with Crippen molar-refractivity contribution in [3.05, 3.63) is 17.8 Å². The molecule has 0 bridgehead atoms. The highest BCUT2D eigenvalue weighted by atomic mass is 16.5. The van der Waals surface area contributed by atoms with Crippen molar-refractivity contribution in [2.45, 2.75) is 91.5 Å². The molecule has 1 radical (unpaired) electrons. The SMILES string of the molecule is CC(C)(C)Oc1ncc(C2=CC(C)(C)N([O])C2(C)C)c(OC(C)(C)C)n1. The molecule has 1 aliphatic heterocycles. The Morgan fingerprint density at radius 1 is 0.962 bits per heavy atom. The minimum absolute atomic E-state index is 0.259. The minimum atomic E-state index is -0.713. The normalized spacial score (nSPS) is 20.0. The largest absolute Gasteiger partial charge is 0.471 e. The van der Waals surface area contributed by atoms with Gasteiger partial charge in [0.15, 0.2) is 0 Å². The van der Waals surface area contributed by atoms with Crippen LogP contribution in [0.15, 0.2) is 12.3 Å². The first-order chi connectivity index (χ1) is 11.5. The maximum absolute atomic E-state index is 12.7. The molecule has 2 rings (SSSR count). The highest BCUT2D eigenvalue weighted by Gasteiger charge is 2.48. The van der Waals surface area contributed by atoms with E-state index in [-0.39, 0.29) is 6.01 Å². The highest BCUT2D eigenvalue weighted by molar-refractivity contribution is 5.78. The molecule has 1 aromatic rings. The van der Waals surface area contributed by atoms with Gasteiger partial charge in [-0.25, -0.2) is 4.98 Å². The summed E-state index contributed by atoms with van der Waals surface area (Å²) in [5.74, 6) is 0.428. The van der Waals surface area contributed by atoms with Crippen LogP contribution in [0.3, 0.4) is 0 Å². The predicted molar refractivity (Wildman–Crippen MR) is 101 cm³/mol. The summed E-state index contributed by atoms with van der Waals surface area (Å²) in [4.78, 5) is 8.87. The highest BCUT2D eigenvalue weighted by Crippen LogP contribution is 2.46. The molecule has 6 heteroatoms. The van der Waals surface area contributed by atoms with Crippen LogP contribution in [0, 0.1) is 0 Å². The van der Waals surface area contributed by atoms with E-state index in [1.165, 1.54) is 0 Å². The molecular formula is C20H32N3O3. The van der Waals surface area contributed by atoms with Crippen molar-refractivity contribution in [2.75, 3.05) is 0 Å². The first-order valence-electron chi connectivity index (χ1n) is 8.99. The Kier molecular flexibility index (Phi) is 4.93. The summed E-state index contributed by atoms with van der Waals surface area (Å²) in [6, 6.07) is 0.259. The van der Waals surface area contributed by atoms with Gasteiger partial charge >= 0.3 is 6.01 Å². The first-order valence-corrected chi connectivity index (χ1v) is 8.99. The number of nitrogens with zero attached hydrogens (tertiary/aromatic N) is 3. The lowest BCUT2D eigenvalue weighted by Gasteiger charge is -2.34. The average Bonchev–Trinajstić information content (AvgIpc) is 2.56. The zero-order chi connectivity index (χ0) is 20.1. The molecule has 0 spiro atoms. The van der Waals surface area contributed by atoms with Crippen LogP contribution in [0.4, 0.5) is 0 Å². The number of hydrogen-bond acceptors (Lipinski definition) is 5. The van der Waals surface area contributed by atoms with E-state index >= 15 is 0 Å². The maximum atomic E-state index is 12.7. The predicted octanol–water partition coefficient (Wildman–Crippen LogP) is 4.43. The number of rotatable bonds is 3. The molecule has 2 heterocycles. The van der Waals surface area contributed by atoms with Gasteiger partial charge in [-0.2, -0.15) is 4.98 Å². The topological polar surface area (TPSA) is 67.4 Å². The Hall–Kier alpha value is -1.66. The van der Waals surface area contributed by atoms with Gasteiger partial charge in [0.05, 0.1) is 16.6 Å². The summed E-state index contributed by atoms with van der Waals surface area (Å²) < 4.78 is 11.9. The number of hydrogen-bond donors (Lipinski definition) is 0. The van der Waals surface area contributed by atoms with Gasteiger partial charge in [0.1, 0.15) is 11.2 Å². The molecular weight excluding hydrogens is 330 g/mol. The van der Waals surface area contributed by atoms with Crippen LogP contribution in [0.5, 0.6) is 11.9 Å². The standard InChI is InChI=1S/C20H32N3O3/c1-17(2,3)25-15-13(12-21-16(22-15)26-18(4,5)6)14-11-19(7,8)23(24)20(14,9)10/h11-12H,1-10H3. The second kappa shape index (κ2) is 6.20. The zero-order valence-corrected chi connectivity index (χ0v) is 17.7. The van der Waals surface area contributed by atoms with E-state index < -0.39 is 22.3 Å². The molecule has 0 fully saturated rings. The van der Waals surface area contributed by atoms with Gasteiger partial charge in [-0.1, -0.05) is 6.08 Å². The van der Waals surface area contributed by atoms with Crippen molar-refractivity contribution in [3.63, 3.8) is 0 Å². The van der Waals surface area contributed by atoms with Gasteiger partial charge in [0, 0.05) is 6.20 Å². The fourth-order valence-electron chi connectivity index (χ4n) is 3.05. The van der Waals surface area contributed by atoms with Crippen molar-refractivity contribution < 1.29 is 14.7 Å². The third-order valence-electron chi connectivity index (χ3n) is 4.01. The quantitative estimate of drug-likeness (QED) is 0.795. The summed E-state index contributed by atoms with van der Waals surface area (Å²) >= 11 is 0. The molecule has 1 aromatic heterocycles. The molecule has 0 atom stereocenters. The van der Waals surface area contributed by atoms with Crippen LogP contribution in [-0.4, -0.2) is 37.3 Å². The summed E-state index contributed by atoms with van der Waals surface area (Å²) in [6.45, 7) is 19.3. The van der Waals surface area contributed by atoms with E-state index in [0.29, 0.717) is 5.88 Å². The molecule has 6 nitrogen and oxygen atoms in total. The third kappa shape index (κ3) is 4.35. The molecule has 26 heavy (non-hydrogen) atoms. The molecule has 0 saturated carbocycles. The average molecular weight is 362 g/mol. The van der Waals surface area contributed by atoms with E-state index in [1.54, 1.807) is 6.20 Å². The van der Waals surface area contributed by atoms with Crippen LogP contribution in [0.1, 0.15) is 74.8 Å². The lowest BCUT2D eigenvalue weighted by Crippen LogP contribution is -2.46. The van der Waals surface area contributed by atoms with Crippen molar-refractivity contribution in [1.29, 1.82) is 0 Å². The fraction of sp³-hybridized carbons (Fsp3) is 0.700. The molecule has 0 unspecified atom stereocenters. The summed E-state index contributed by atoms with van der Waals surface area (Å²) in [5, 5.41) is 13.8. The lowest BCUT2D eigenvalue weighted by atomic mass is 9.91. The molecule has 145 valence electrons. The molecule has 1 aliphatic rings. The van der Waals surface area contributed by atoms with Crippen molar-refractivity contribution in [3.8, 4) is 11.9 Å². The Morgan fingerprint density at radius 2 is 1.50 bits per heavy atom. The van der Waals surface area contributed by atoms with E-state index in [1.807, 2.05) is 75.3 Å². The maximum Gasteiger partial charge on any atom is 0.320 e. The second-order valence-corrected chi connectivity index (χ2v) is 9.87. The Balaban J connectivity index is 2.58. The lowest BCUT2D eigenvalue weighted by molar-refractivity contribution is -0.234. The van der Waals surface area contributed by atoms with E-state index in [9.17, 15) is 5.21 Å². The van der Waals surface area contributed by atoms with Crippen LogP contribution < -0.4 is 9.47 Å². The van der Waals surface area contributed by atoms with Gasteiger partial charge in [-0.05, 0) is 74.8 Å². The minimum Gasteiger partial charge on any atom is -0.471 e. The Morgan fingerprint density at radius 3 is 1.92 bits per heavy atom. The van der Waals surface area contributed by atoms with Crippen molar-refractivity contribution in [2.24, 2.45) is 0 Å². The third-order valence-corrected chi connectivity index (χ3v) is 4.01. The van der Waals surface area contributed by atoms with Crippen LogP contribution in [0.25, 0.3) is 5.57 Å². The number of ether oxygens (including phenoxy) is 2. The summed E-state index contributed by atoms with van der Waals surface area (Å²) in [5.41, 5.74) is -0.608. The zero-order valence-electron chi connectivity index (χ0n) is 17.7. The first kappa shape index (κ1) is 20.6. The van der Waals surface area contributed by atoms with Gasteiger partial charge in [-0.3, -0.25) is 0 Å². The number of hydroxylamine groups is 2. The van der Waals surface area contributed by atoms with E-state index in [0.717, 1.165) is 16.2 Å². The van der Waals surface area contributed by atoms with Gasteiger partial charge < -0.3 is 9.47 Å². The van der Waals surface area contributed by atoms with Gasteiger partial charge in [-0.15, -0.1) is 10.3 Å². The van der Waals surface area contributed by atoms with E-state index in [4.69, 9.17) is 9.47 Å².